The number of pyridine rings is 1. The van der Waals surface area contributed by atoms with Gasteiger partial charge in [-0.15, -0.1) is 0 Å². The van der Waals surface area contributed by atoms with Crippen LogP contribution in [0.3, 0.4) is 0 Å². The van der Waals surface area contributed by atoms with E-state index in [1.807, 2.05) is 0 Å². The van der Waals surface area contributed by atoms with E-state index < -0.39 is 39.8 Å². The van der Waals surface area contributed by atoms with Crippen LogP contribution in [0.1, 0.15) is 58.2 Å². The van der Waals surface area contributed by atoms with Gasteiger partial charge in [0.15, 0.2) is 0 Å². The number of aryl methyl sites for hydroxylation is 1. The summed E-state index contributed by atoms with van der Waals surface area (Å²) in [5.41, 5.74) is -1.60. The Hall–Kier alpha value is -3.04. The predicted molar refractivity (Wildman–Crippen MR) is 111 cm³/mol. The molecule has 1 unspecified atom stereocenters. The number of rotatable bonds is 5. The molecule has 10 nitrogen and oxygen atoms in total. The number of nitrogens with zero attached hydrogens (tertiary/aromatic N) is 3. The van der Waals surface area contributed by atoms with Gasteiger partial charge >= 0.3 is 17.3 Å². The highest BCUT2D eigenvalue weighted by molar-refractivity contribution is 5.84. The number of nitrogens with one attached hydrogen (secondary N) is 1. The lowest BCUT2D eigenvalue weighted by atomic mass is 9.81. The zero-order valence-electron chi connectivity index (χ0n) is 17.7. The summed E-state index contributed by atoms with van der Waals surface area (Å²) in [4.78, 5) is 51.2. The van der Waals surface area contributed by atoms with Gasteiger partial charge in [0.05, 0.1) is 4.92 Å². The van der Waals surface area contributed by atoms with E-state index >= 15 is 0 Å². The van der Waals surface area contributed by atoms with Crippen LogP contribution in [0.4, 0.5) is 10.5 Å². The van der Waals surface area contributed by atoms with E-state index in [1.165, 1.54) is 6.07 Å². The average Bonchev–Trinajstić information content (AvgIpc) is 2.63. The molecular formula is C20H28N4O6. The first-order valence-electron chi connectivity index (χ1n) is 9.81. The monoisotopic (exact) mass is 420 g/mol. The molecule has 0 spiro atoms. The van der Waals surface area contributed by atoms with Crippen LogP contribution in [-0.4, -0.2) is 39.9 Å². The van der Waals surface area contributed by atoms with Crippen LogP contribution in [0.25, 0.3) is 0 Å². The molecule has 1 saturated carbocycles. The largest absolute Gasteiger partial charge is 0.444 e. The molecule has 0 aromatic carbocycles. The Morgan fingerprint density at radius 2 is 1.90 bits per heavy atom. The molecule has 1 N–H and O–H groups in total. The van der Waals surface area contributed by atoms with Gasteiger partial charge in [0.1, 0.15) is 11.6 Å². The first-order chi connectivity index (χ1) is 13.9. The van der Waals surface area contributed by atoms with Gasteiger partial charge in [0.25, 0.3) is 5.91 Å². The van der Waals surface area contributed by atoms with E-state index in [0.717, 1.165) is 10.6 Å². The maximum atomic E-state index is 12.7. The molecule has 164 valence electrons. The number of hydrogen-bond donors (Lipinski definition) is 1. The van der Waals surface area contributed by atoms with Crippen LogP contribution in [0.5, 0.6) is 0 Å². The predicted octanol–water partition coefficient (Wildman–Crippen LogP) is 2.92. The summed E-state index contributed by atoms with van der Waals surface area (Å²) in [6.45, 7) is 10.2. The third-order valence-corrected chi connectivity index (χ3v) is 5.12. The molecule has 0 bridgehead atoms. The van der Waals surface area contributed by atoms with Crippen LogP contribution >= 0.6 is 0 Å². The van der Waals surface area contributed by atoms with Crippen LogP contribution in [0.2, 0.25) is 0 Å². The highest BCUT2D eigenvalue weighted by atomic mass is 16.6. The molecule has 0 radical (unpaired) electrons. The van der Waals surface area contributed by atoms with E-state index in [4.69, 9.17) is 4.74 Å². The van der Waals surface area contributed by atoms with Gasteiger partial charge in [-0.25, -0.2) is 9.79 Å². The molecule has 1 atom stereocenters. The van der Waals surface area contributed by atoms with Crippen LogP contribution in [0, 0.1) is 23.0 Å². The van der Waals surface area contributed by atoms with Crippen molar-refractivity contribution in [3.63, 3.8) is 0 Å². The van der Waals surface area contributed by atoms with Crippen molar-refractivity contribution in [3.8, 4) is 0 Å². The minimum absolute atomic E-state index is 0.119. The second-order valence-electron chi connectivity index (χ2n) is 8.49. The zero-order valence-corrected chi connectivity index (χ0v) is 17.7. The fraction of sp³-hybridized carbons (Fsp3) is 0.600. The quantitative estimate of drug-likeness (QED) is 0.442. The van der Waals surface area contributed by atoms with Gasteiger partial charge in [0, 0.05) is 17.8 Å². The van der Waals surface area contributed by atoms with Crippen molar-refractivity contribution in [1.82, 2.24) is 9.88 Å². The third kappa shape index (κ3) is 5.52. The van der Waals surface area contributed by atoms with Crippen molar-refractivity contribution in [2.45, 2.75) is 71.1 Å². The van der Waals surface area contributed by atoms with E-state index in [-0.39, 0.29) is 12.0 Å². The van der Waals surface area contributed by atoms with Crippen LogP contribution in [0.15, 0.2) is 21.9 Å². The Morgan fingerprint density at radius 3 is 2.40 bits per heavy atom. The smallest absolute Gasteiger partial charge is 0.407 e. The molecular weight excluding hydrogens is 392 g/mol. The number of amides is 2. The van der Waals surface area contributed by atoms with Gasteiger partial charge in [-0.05, 0) is 72.1 Å². The number of aromatic nitrogens is 1. The second-order valence-corrected chi connectivity index (χ2v) is 8.49. The summed E-state index contributed by atoms with van der Waals surface area (Å²) in [5, 5.41) is 14.0. The maximum absolute atomic E-state index is 12.7. The van der Waals surface area contributed by atoms with Gasteiger partial charge in [-0.1, -0.05) is 0 Å². The Bertz CT molecular complexity index is 894. The molecule has 0 aliphatic heterocycles. The van der Waals surface area contributed by atoms with E-state index in [2.05, 4.69) is 17.0 Å². The summed E-state index contributed by atoms with van der Waals surface area (Å²) in [5.74, 6) is -0.873. The molecule has 2 amide bonds. The molecule has 30 heavy (non-hydrogen) atoms. The highest BCUT2D eigenvalue weighted by Crippen LogP contribution is 2.34. The number of aliphatic imine (C=N–C) groups is 1. The van der Waals surface area contributed by atoms with Crippen LogP contribution < -0.4 is 10.9 Å². The van der Waals surface area contributed by atoms with Crippen molar-refractivity contribution in [2.75, 3.05) is 0 Å². The van der Waals surface area contributed by atoms with E-state index in [1.54, 1.807) is 27.7 Å². The van der Waals surface area contributed by atoms with Crippen molar-refractivity contribution >= 4 is 24.4 Å². The number of nitro groups is 1. The zero-order chi connectivity index (χ0) is 22.6. The van der Waals surface area contributed by atoms with Crippen molar-refractivity contribution < 1.29 is 19.2 Å². The Labute approximate surface area is 174 Å². The second kappa shape index (κ2) is 9.19. The Morgan fingerprint density at radius 1 is 1.30 bits per heavy atom. The number of ether oxygens (including phenoxy) is 1. The summed E-state index contributed by atoms with van der Waals surface area (Å²) in [6.07, 6.45) is 1.71. The van der Waals surface area contributed by atoms with Crippen LogP contribution in [-0.2, 0) is 9.53 Å². The fourth-order valence-corrected chi connectivity index (χ4v) is 3.79. The SMILES string of the molecule is C=NC(=O)C(C1CCC(NC(=O)OC(C)(C)C)CC1)n1c(C)ccc([N+](=O)[O-])c1=O. The summed E-state index contributed by atoms with van der Waals surface area (Å²) in [6, 6.07) is 1.49. The molecule has 0 saturated heterocycles. The minimum Gasteiger partial charge on any atom is -0.444 e. The topological polar surface area (TPSA) is 133 Å². The highest BCUT2D eigenvalue weighted by Gasteiger charge is 2.36. The van der Waals surface area contributed by atoms with Crippen molar-refractivity contribution in [1.29, 1.82) is 0 Å². The third-order valence-electron chi connectivity index (χ3n) is 5.12. The molecule has 2 rings (SSSR count). The summed E-state index contributed by atoms with van der Waals surface area (Å²) in [7, 11) is 0. The van der Waals surface area contributed by atoms with Gasteiger partial charge in [0.2, 0.25) is 0 Å². The maximum Gasteiger partial charge on any atom is 0.407 e. The normalized spacial score (nSPS) is 20.1. The molecule has 1 aliphatic rings. The first-order valence-corrected chi connectivity index (χ1v) is 9.81. The molecule has 1 aromatic heterocycles. The number of hydrogen-bond acceptors (Lipinski definition) is 6. The molecule has 1 aliphatic carbocycles. The molecule has 1 aromatic rings. The number of carbonyl (C=O) groups excluding carboxylic acids is 2. The van der Waals surface area contributed by atoms with Gasteiger partial charge in [-0.3, -0.25) is 24.3 Å². The summed E-state index contributed by atoms with van der Waals surface area (Å²) >= 11 is 0. The lowest BCUT2D eigenvalue weighted by Gasteiger charge is -2.34. The standard InChI is InChI=1S/C20H28N4O6/c1-12-6-11-15(24(28)29)18(26)23(12)16(17(25)21-5)13-7-9-14(10-8-13)22-19(27)30-20(2,3)4/h6,11,13-14,16H,5,7-10H2,1-4H3,(H,22,27). The lowest BCUT2D eigenvalue weighted by Crippen LogP contribution is -2.43. The van der Waals surface area contributed by atoms with Crippen molar-refractivity contribution in [3.05, 3.63) is 38.3 Å². The van der Waals surface area contributed by atoms with Gasteiger partial charge in [-0.2, -0.15) is 0 Å². The number of alkyl carbamates (subject to hydrolysis) is 1. The Kier molecular flexibility index (Phi) is 7.12. The van der Waals surface area contributed by atoms with E-state index in [9.17, 15) is 24.5 Å². The first kappa shape index (κ1) is 23.2. The summed E-state index contributed by atoms with van der Waals surface area (Å²) < 4.78 is 6.42. The van der Waals surface area contributed by atoms with Crippen molar-refractivity contribution in [2.24, 2.45) is 10.9 Å². The molecule has 1 fully saturated rings. The Balaban J connectivity index is 2.22. The number of carbonyl (C=O) groups is 2. The van der Waals surface area contributed by atoms with E-state index in [0.29, 0.717) is 31.4 Å². The lowest BCUT2D eigenvalue weighted by molar-refractivity contribution is -0.386. The minimum atomic E-state index is -0.975. The average molecular weight is 420 g/mol. The fourth-order valence-electron chi connectivity index (χ4n) is 3.79. The molecule has 10 heteroatoms. The van der Waals surface area contributed by atoms with Gasteiger partial charge < -0.3 is 10.1 Å². The molecule has 1 heterocycles.